The number of carbonyl (C=O) groups is 2. The van der Waals surface area contributed by atoms with Crippen molar-refractivity contribution in [2.24, 2.45) is 0 Å². The topological polar surface area (TPSA) is 58.2 Å². The average Bonchev–Trinajstić information content (AvgIpc) is 3.03. The van der Waals surface area contributed by atoms with Crippen LogP contribution in [0, 0.1) is 6.92 Å². The lowest BCUT2D eigenvalue weighted by molar-refractivity contribution is -0.113. The van der Waals surface area contributed by atoms with Crippen LogP contribution in [0.2, 0.25) is 0 Å². The maximum Gasteiger partial charge on any atom is 0.277 e. The van der Waals surface area contributed by atoms with E-state index in [2.05, 4.69) is 10.6 Å². The van der Waals surface area contributed by atoms with Crippen LogP contribution in [0.4, 0.5) is 5.69 Å². The van der Waals surface area contributed by atoms with Gasteiger partial charge in [0, 0.05) is 11.3 Å². The first-order chi connectivity index (χ1) is 20.0. The summed E-state index contributed by atoms with van der Waals surface area (Å²) >= 11 is 7.54. The van der Waals surface area contributed by atoms with E-state index in [0.717, 1.165) is 21.5 Å². The quantitative estimate of drug-likeness (QED) is 0.159. The molecule has 0 bridgehead atoms. The van der Waals surface area contributed by atoms with Crippen LogP contribution >= 0.6 is 18.9 Å². The van der Waals surface area contributed by atoms with Gasteiger partial charge in [0.05, 0.1) is 0 Å². The molecular formula is C35H29ClN2O2P+. The molecule has 0 unspecified atom stereocenters. The lowest BCUT2D eigenvalue weighted by Gasteiger charge is -2.28. The summed E-state index contributed by atoms with van der Waals surface area (Å²) in [7, 11) is -2.85. The number of benzene rings is 5. The third kappa shape index (κ3) is 6.00. The summed E-state index contributed by atoms with van der Waals surface area (Å²) in [5, 5.41) is 8.73. The number of carbonyl (C=O) groups excluding carboxylic acids is 2. The summed E-state index contributed by atoms with van der Waals surface area (Å²) in [5.41, 5.74) is 2.09. The summed E-state index contributed by atoms with van der Waals surface area (Å²) in [6.45, 7) is 1.98. The van der Waals surface area contributed by atoms with Crippen molar-refractivity contribution in [3.05, 3.63) is 167 Å². The van der Waals surface area contributed by atoms with Crippen LogP contribution in [-0.4, -0.2) is 11.8 Å². The minimum atomic E-state index is -2.85. The molecule has 0 aliphatic carbocycles. The van der Waals surface area contributed by atoms with Crippen LogP contribution in [0.3, 0.4) is 0 Å². The molecule has 0 aliphatic rings. The molecule has 4 nitrogen and oxygen atoms in total. The van der Waals surface area contributed by atoms with Gasteiger partial charge in [-0.25, -0.2) is 0 Å². The van der Waals surface area contributed by atoms with Crippen molar-refractivity contribution in [3.63, 3.8) is 0 Å². The fraction of sp³-hybridized carbons (Fsp3) is 0.0286. The predicted octanol–water partition coefficient (Wildman–Crippen LogP) is 6.77. The molecule has 6 heteroatoms. The maximum absolute atomic E-state index is 14.1. The molecule has 0 heterocycles. The highest BCUT2D eigenvalue weighted by molar-refractivity contribution is 8.00. The zero-order valence-electron chi connectivity index (χ0n) is 22.5. The van der Waals surface area contributed by atoms with E-state index < -0.39 is 19.1 Å². The number of anilines is 1. The normalized spacial score (nSPS) is 11.8. The second-order valence-corrected chi connectivity index (χ2v) is 13.5. The van der Waals surface area contributed by atoms with Crippen LogP contribution in [0.25, 0.3) is 0 Å². The Morgan fingerprint density at radius 3 is 1.44 bits per heavy atom. The van der Waals surface area contributed by atoms with Crippen LogP contribution in [-0.2, 0) is 4.79 Å². The molecule has 0 atom stereocenters. The lowest BCUT2D eigenvalue weighted by atomic mass is 10.2. The molecule has 0 fully saturated rings. The highest BCUT2D eigenvalue weighted by Gasteiger charge is 2.52. The SMILES string of the molecule is Cc1ccc(NC(=O)C(NC(=O)c2ccccc2)=C(Cl)[P+](c2ccccc2)(c2ccccc2)c2ccccc2)cc1. The fourth-order valence-electron chi connectivity index (χ4n) is 4.72. The third-order valence-corrected chi connectivity index (χ3v) is 11.7. The van der Waals surface area contributed by atoms with Gasteiger partial charge >= 0.3 is 0 Å². The maximum atomic E-state index is 14.1. The minimum absolute atomic E-state index is 0.00554. The van der Waals surface area contributed by atoms with E-state index in [1.54, 1.807) is 24.3 Å². The van der Waals surface area contributed by atoms with Crippen molar-refractivity contribution in [3.8, 4) is 0 Å². The van der Waals surface area contributed by atoms with Gasteiger partial charge in [0.25, 0.3) is 11.8 Å². The lowest BCUT2D eigenvalue weighted by Crippen LogP contribution is -2.37. The number of aryl methyl sites for hydroxylation is 1. The summed E-state index contributed by atoms with van der Waals surface area (Å²) in [5.74, 6) is -0.930. The molecule has 0 saturated heterocycles. The number of hydrogen-bond donors (Lipinski definition) is 2. The van der Waals surface area contributed by atoms with Crippen molar-refractivity contribution >= 4 is 52.3 Å². The first-order valence-electron chi connectivity index (χ1n) is 13.2. The van der Waals surface area contributed by atoms with E-state index in [1.165, 1.54) is 0 Å². The van der Waals surface area contributed by atoms with Crippen LogP contribution in [0.1, 0.15) is 15.9 Å². The van der Waals surface area contributed by atoms with Crippen molar-refractivity contribution in [1.82, 2.24) is 5.32 Å². The van der Waals surface area contributed by atoms with E-state index in [9.17, 15) is 9.59 Å². The number of hydrogen-bond acceptors (Lipinski definition) is 2. The Labute approximate surface area is 246 Å². The smallest absolute Gasteiger partial charge is 0.277 e. The molecule has 5 aromatic carbocycles. The number of halogens is 1. The molecule has 0 radical (unpaired) electrons. The summed E-state index contributed by atoms with van der Waals surface area (Å²) in [4.78, 5) is 27.6. The van der Waals surface area contributed by atoms with Gasteiger partial charge in [0.15, 0.2) is 13.0 Å². The molecule has 41 heavy (non-hydrogen) atoms. The minimum Gasteiger partial charge on any atom is -0.321 e. The highest BCUT2D eigenvalue weighted by Crippen LogP contribution is 2.64. The largest absolute Gasteiger partial charge is 0.321 e. The molecule has 202 valence electrons. The van der Waals surface area contributed by atoms with Crippen LogP contribution in [0.15, 0.2) is 156 Å². The molecule has 0 aliphatic heterocycles. The Morgan fingerprint density at radius 2 is 1.00 bits per heavy atom. The monoisotopic (exact) mass is 575 g/mol. The van der Waals surface area contributed by atoms with Gasteiger partial charge in [0.1, 0.15) is 15.9 Å². The van der Waals surface area contributed by atoms with Crippen molar-refractivity contribution in [2.45, 2.75) is 6.92 Å². The van der Waals surface area contributed by atoms with Crippen molar-refractivity contribution in [1.29, 1.82) is 0 Å². The number of amides is 2. The number of nitrogens with one attached hydrogen (secondary N) is 2. The first kappa shape index (κ1) is 28.0. The zero-order chi connectivity index (χ0) is 28.7. The second-order valence-electron chi connectivity index (χ2n) is 9.48. The third-order valence-electron chi connectivity index (χ3n) is 6.74. The Hall–Kier alpha value is -4.50. The fourth-order valence-corrected chi connectivity index (χ4v) is 9.65. The molecule has 5 rings (SSSR count). The average molecular weight is 576 g/mol. The summed E-state index contributed by atoms with van der Waals surface area (Å²) in [6, 6.07) is 46.1. The predicted molar refractivity (Wildman–Crippen MR) is 172 cm³/mol. The molecule has 0 aromatic heterocycles. The summed E-state index contributed by atoms with van der Waals surface area (Å²) < 4.78 is 0.273. The zero-order valence-corrected chi connectivity index (χ0v) is 24.1. The molecule has 5 aromatic rings. The van der Waals surface area contributed by atoms with Crippen molar-refractivity contribution < 1.29 is 9.59 Å². The van der Waals surface area contributed by atoms with Gasteiger partial charge in [-0.1, -0.05) is 90.5 Å². The van der Waals surface area contributed by atoms with Crippen LogP contribution in [0.5, 0.6) is 0 Å². The molecule has 0 saturated carbocycles. The van der Waals surface area contributed by atoms with Crippen LogP contribution < -0.4 is 26.5 Å². The van der Waals surface area contributed by atoms with Crippen molar-refractivity contribution in [2.75, 3.05) is 5.32 Å². The molecule has 2 N–H and O–H groups in total. The van der Waals surface area contributed by atoms with Gasteiger partial charge in [0.2, 0.25) is 4.77 Å². The van der Waals surface area contributed by atoms with Gasteiger partial charge in [-0.15, -0.1) is 0 Å². The van der Waals surface area contributed by atoms with E-state index >= 15 is 0 Å². The van der Waals surface area contributed by atoms with E-state index in [1.807, 2.05) is 128 Å². The van der Waals surface area contributed by atoms with Gasteiger partial charge in [-0.3, -0.25) is 9.59 Å². The standard InChI is InChI=1S/C35H28ClN2O2P/c1-26-22-24-28(25-23-26)37-35(40)32(38-34(39)27-14-6-2-7-15-27)33(36)41(29-16-8-3-9-17-29,30-18-10-4-11-19-30)31-20-12-5-13-21-31/h2-25H,1H3,(H-,37,38,39,40)/p+1. The molecular weight excluding hydrogens is 547 g/mol. The second kappa shape index (κ2) is 12.8. The van der Waals surface area contributed by atoms with Gasteiger partial charge < -0.3 is 10.6 Å². The van der Waals surface area contributed by atoms with Gasteiger partial charge in [-0.05, 0) is 79.2 Å². The van der Waals surface area contributed by atoms with Gasteiger partial charge in [-0.2, -0.15) is 0 Å². The van der Waals surface area contributed by atoms with E-state index in [4.69, 9.17) is 11.6 Å². The molecule has 2 amide bonds. The Balaban J connectivity index is 1.78. The van der Waals surface area contributed by atoms with E-state index in [-0.39, 0.29) is 10.5 Å². The molecule has 0 spiro atoms. The highest BCUT2D eigenvalue weighted by atomic mass is 35.5. The Bertz CT molecular complexity index is 1560. The summed E-state index contributed by atoms with van der Waals surface area (Å²) in [6.07, 6.45) is 0. The van der Waals surface area contributed by atoms with E-state index in [0.29, 0.717) is 11.3 Å². The Kier molecular flexibility index (Phi) is 8.74. The first-order valence-corrected chi connectivity index (χ1v) is 15.4. The number of rotatable bonds is 8. The Morgan fingerprint density at radius 1 is 0.585 bits per heavy atom.